The number of rotatable bonds is 4. The van der Waals surface area contributed by atoms with Crippen molar-refractivity contribution in [2.45, 2.75) is 20.4 Å². The molecule has 5 heteroatoms. The number of pyridine rings is 1. The van der Waals surface area contributed by atoms with E-state index in [9.17, 15) is 9.59 Å². The molecule has 0 saturated heterocycles. The summed E-state index contributed by atoms with van der Waals surface area (Å²) in [4.78, 5) is 27.4. The molecular weight excluding hydrogens is 316 g/mol. The van der Waals surface area contributed by atoms with Gasteiger partial charge in [0.25, 0.3) is 11.5 Å². The summed E-state index contributed by atoms with van der Waals surface area (Å²) in [6, 6.07) is 12.7. The van der Waals surface area contributed by atoms with Crippen LogP contribution in [0, 0.1) is 13.8 Å². The van der Waals surface area contributed by atoms with Crippen LogP contribution >= 0.6 is 0 Å². The van der Waals surface area contributed by atoms with E-state index in [-0.39, 0.29) is 18.0 Å². The average Bonchev–Trinajstić information content (AvgIpc) is 2.60. The van der Waals surface area contributed by atoms with Crippen LogP contribution in [0.25, 0.3) is 10.9 Å². The summed E-state index contributed by atoms with van der Waals surface area (Å²) < 4.78 is 5.08. The van der Waals surface area contributed by atoms with Gasteiger partial charge in [-0.3, -0.25) is 9.59 Å². The molecule has 0 unspecified atom stereocenters. The summed E-state index contributed by atoms with van der Waals surface area (Å²) in [6.45, 7) is 4.15. The van der Waals surface area contributed by atoms with Crippen LogP contribution < -0.4 is 15.6 Å². The zero-order valence-corrected chi connectivity index (χ0v) is 14.5. The molecule has 0 aliphatic carbocycles. The van der Waals surface area contributed by atoms with Gasteiger partial charge in [0.15, 0.2) is 0 Å². The molecule has 5 nitrogen and oxygen atoms in total. The number of amides is 1. The molecule has 1 heterocycles. The van der Waals surface area contributed by atoms with Gasteiger partial charge in [-0.25, -0.2) is 0 Å². The van der Waals surface area contributed by atoms with Crippen LogP contribution in [0.4, 0.5) is 0 Å². The summed E-state index contributed by atoms with van der Waals surface area (Å²) in [5.74, 6) is 0.454. The molecule has 25 heavy (non-hydrogen) atoms. The minimum Gasteiger partial charge on any atom is -0.497 e. The molecule has 3 rings (SSSR count). The largest absolute Gasteiger partial charge is 0.497 e. The number of nitrogens with one attached hydrogen (secondary N) is 2. The number of aryl methyl sites for hydroxylation is 2. The number of aromatic amines is 1. The summed E-state index contributed by atoms with van der Waals surface area (Å²) in [7, 11) is 1.57. The first-order valence-corrected chi connectivity index (χ1v) is 8.03. The Morgan fingerprint density at radius 1 is 1.12 bits per heavy atom. The molecule has 3 aromatic rings. The second-order valence-electron chi connectivity index (χ2n) is 6.08. The number of benzene rings is 2. The van der Waals surface area contributed by atoms with Gasteiger partial charge in [-0.15, -0.1) is 0 Å². The van der Waals surface area contributed by atoms with Crippen molar-refractivity contribution >= 4 is 16.8 Å². The van der Waals surface area contributed by atoms with Gasteiger partial charge in [-0.05, 0) is 61.2 Å². The first kappa shape index (κ1) is 16.8. The van der Waals surface area contributed by atoms with E-state index in [0.29, 0.717) is 16.9 Å². The number of fused-ring (bicyclic) bond motifs is 1. The van der Waals surface area contributed by atoms with Crippen molar-refractivity contribution < 1.29 is 9.53 Å². The lowest BCUT2D eigenvalue weighted by atomic mass is 10.1. The van der Waals surface area contributed by atoms with Gasteiger partial charge in [0.1, 0.15) is 5.75 Å². The molecule has 128 valence electrons. The number of hydrogen-bond donors (Lipinski definition) is 2. The topological polar surface area (TPSA) is 71.2 Å². The zero-order valence-electron chi connectivity index (χ0n) is 14.5. The fourth-order valence-corrected chi connectivity index (χ4v) is 2.88. The van der Waals surface area contributed by atoms with Crippen molar-refractivity contribution in [2.75, 3.05) is 7.11 Å². The van der Waals surface area contributed by atoms with Crippen molar-refractivity contribution in [2.24, 2.45) is 0 Å². The fraction of sp³-hybridized carbons (Fsp3) is 0.200. The van der Waals surface area contributed by atoms with Crippen molar-refractivity contribution in [1.82, 2.24) is 10.3 Å². The SMILES string of the molecule is COc1ccc(C(=O)NCc2cc3cc(C)cc(C)c3[nH]c2=O)cc1. The molecule has 0 saturated carbocycles. The number of aromatic nitrogens is 1. The Morgan fingerprint density at radius 3 is 2.52 bits per heavy atom. The van der Waals surface area contributed by atoms with Gasteiger partial charge in [-0.2, -0.15) is 0 Å². The minimum absolute atomic E-state index is 0.170. The monoisotopic (exact) mass is 336 g/mol. The summed E-state index contributed by atoms with van der Waals surface area (Å²) >= 11 is 0. The zero-order chi connectivity index (χ0) is 18.0. The van der Waals surface area contributed by atoms with Crippen LogP contribution in [0.1, 0.15) is 27.0 Å². The quantitative estimate of drug-likeness (QED) is 0.769. The van der Waals surface area contributed by atoms with Crippen molar-refractivity contribution in [3.05, 3.63) is 75.1 Å². The third-order valence-electron chi connectivity index (χ3n) is 4.16. The van der Waals surface area contributed by atoms with Crippen LogP contribution in [0.2, 0.25) is 0 Å². The van der Waals surface area contributed by atoms with Crippen LogP contribution in [0.5, 0.6) is 5.75 Å². The first-order chi connectivity index (χ1) is 12.0. The van der Waals surface area contributed by atoms with Gasteiger partial charge in [0.2, 0.25) is 0 Å². The fourth-order valence-electron chi connectivity index (χ4n) is 2.88. The Hall–Kier alpha value is -3.08. The Balaban J connectivity index is 1.81. The van der Waals surface area contributed by atoms with E-state index >= 15 is 0 Å². The predicted octanol–water partition coefficient (Wildman–Crippen LogP) is 3.08. The average molecular weight is 336 g/mol. The van der Waals surface area contributed by atoms with E-state index in [2.05, 4.69) is 10.3 Å². The van der Waals surface area contributed by atoms with E-state index < -0.39 is 0 Å². The third-order valence-corrected chi connectivity index (χ3v) is 4.16. The lowest BCUT2D eigenvalue weighted by molar-refractivity contribution is 0.0951. The van der Waals surface area contributed by atoms with E-state index in [0.717, 1.165) is 22.0 Å². The predicted molar refractivity (Wildman–Crippen MR) is 98.2 cm³/mol. The molecule has 1 amide bonds. The third kappa shape index (κ3) is 3.55. The maximum Gasteiger partial charge on any atom is 0.253 e. The second-order valence-corrected chi connectivity index (χ2v) is 6.08. The highest BCUT2D eigenvalue weighted by atomic mass is 16.5. The molecule has 0 atom stereocenters. The van der Waals surface area contributed by atoms with Crippen molar-refractivity contribution in [3.8, 4) is 5.75 Å². The van der Waals surface area contributed by atoms with Gasteiger partial charge >= 0.3 is 0 Å². The maximum absolute atomic E-state index is 12.3. The summed E-state index contributed by atoms with van der Waals surface area (Å²) in [5, 5.41) is 3.75. The number of H-pyrrole nitrogens is 1. The highest BCUT2D eigenvalue weighted by molar-refractivity contribution is 5.94. The minimum atomic E-state index is -0.234. The lowest BCUT2D eigenvalue weighted by Gasteiger charge is -2.09. The standard InChI is InChI=1S/C20H20N2O3/c1-12-8-13(2)18-15(9-12)10-16(20(24)22-18)11-21-19(23)14-4-6-17(25-3)7-5-14/h4-10H,11H2,1-3H3,(H,21,23)(H,22,24). The molecule has 0 aliphatic heterocycles. The second kappa shape index (κ2) is 6.81. The Kier molecular flexibility index (Phi) is 4.57. The van der Waals surface area contributed by atoms with Crippen molar-refractivity contribution in [3.63, 3.8) is 0 Å². The Labute approximate surface area is 145 Å². The maximum atomic E-state index is 12.3. The van der Waals surface area contributed by atoms with E-state index in [1.54, 1.807) is 31.4 Å². The number of hydrogen-bond acceptors (Lipinski definition) is 3. The Morgan fingerprint density at radius 2 is 1.84 bits per heavy atom. The molecule has 1 aromatic heterocycles. The molecule has 2 N–H and O–H groups in total. The molecule has 0 bridgehead atoms. The van der Waals surface area contributed by atoms with Crippen LogP contribution in [0.3, 0.4) is 0 Å². The number of ether oxygens (including phenoxy) is 1. The molecule has 0 spiro atoms. The van der Waals surface area contributed by atoms with Crippen LogP contribution in [-0.2, 0) is 6.54 Å². The van der Waals surface area contributed by atoms with Gasteiger partial charge < -0.3 is 15.0 Å². The molecule has 0 aliphatic rings. The summed E-state index contributed by atoms with van der Waals surface area (Å²) in [5.41, 5.74) is 3.85. The van der Waals surface area contributed by atoms with Gasteiger partial charge in [0, 0.05) is 17.7 Å². The van der Waals surface area contributed by atoms with Crippen molar-refractivity contribution in [1.29, 1.82) is 0 Å². The molecule has 0 radical (unpaired) electrons. The van der Waals surface area contributed by atoms with Crippen LogP contribution in [0.15, 0.2) is 47.3 Å². The molecule has 2 aromatic carbocycles. The van der Waals surface area contributed by atoms with Gasteiger partial charge in [-0.1, -0.05) is 11.6 Å². The molecule has 0 fully saturated rings. The van der Waals surface area contributed by atoms with E-state index in [1.807, 2.05) is 32.0 Å². The first-order valence-electron chi connectivity index (χ1n) is 8.03. The van der Waals surface area contributed by atoms with Gasteiger partial charge in [0.05, 0.1) is 12.6 Å². The molecular formula is C20H20N2O3. The number of carbonyl (C=O) groups is 1. The smallest absolute Gasteiger partial charge is 0.253 e. The Bertz CT molecular complexity index is 988. The number of carbonyl (C=O) groups excluding carboxylic acids is 1. The lowest BCUT2D eigenvalue weighted by Crippen LogP contribution is -2.26. The number of methoxy groups -OCH3 is 1. The summed E-state index contributed by atoms with van der Waals surface area (Å²) in [6.07, 6.45) is 0. The van der Waals surface area contributed by atoms with E-state index in [4.69, 9.17) is 4.74 Å². The highest BCUT2D eigenvalue weighted by Gasteiger charge is 2.09. The van der Waals surface area contributed by atoms with Crippen LogP contribution in [-0.4, -0.2) is 18.0 Å². The van der Waals surface area contributed by atoms with E-state index in [1.165, 1.54) is 0 Å². The normalized spacial score (nSPS) is 10.7. The highest BCUT2D eigenvalue weighted by Crippen LogP contribution is 2.18.